The third-order valence-corrected chi connectivity index (χ3v) is 3.75. The molecule has 3 nitrogen and oxygen atoms in total. The highest BCUT2D eigenvalue weighted by Crippen LogP contribution is 2.24. The summed E-state index contributed by atoms with van der Waals surface area (Å²) < 4.78 is 0. The summed E-state index contributed by atoms with van der Waals surface area (Å²) in [7, 11) is 4.34. The van der Waals surface area contributed by atoms with Crippen molar-refractivity contribution in [2.45, 2.75) is 25.8 Å². The fourth-order valence-corrected chi connectivity index (χ4v) is 2.47. The van der Waals surface area contributed by atoms with Crippen LogP contribution in [0, 0.1) is 6.92 Å². The summed E-state index contributed by atoms with van der Waals surface area (Å²) in [4.78, 5) is 4.80. The second kappa shape index (κ2) is 4.96. The fourth-order valence-electron chi connectivity index (χ4n) is 2.47. The van der Waals surface area contributed by atoms with Gasteiger partial charge in [0.15, 0.2) is 0 Å². The highest BCUT2D eigenvalue weighted by molar-refractivity contribution is 5.58. The number of benzene rings is 1. The van der Waals surface area contributed by atoms with Crippen molar-refractivity contribution in [3.8, 4) is 0 Å². The van der Waals surface area contributed by atoms with Crippen LogP contribution in [0.2, 0.25) is 0 Å². The summed E-state index contributed by atoms with van der Waals surface area (Å²) in [5.41, 5.74) is 9.24. The van der Waals surface area contributed by atoms with E-state index in [2.05, 4.69) is 43.0 Å². The summed E-state index contributed by atoms with van der Waals surface area (Å²) in [6.07, 6.45) is 2.57. The summed E-state index contributed by atoms with van der Waals surface area (Å²) in [5, 5.41) is 0. The van der Waals surface area contributed by atoms with Crippen molar-refractivity contribution in [1.29, 1.82) is 0 Å². The lowest BCUT2D eigenvalue weighted by atomic mass is 10.0. The van der Waals surface area contributed by atoms with E-state index in [0.717, 1.165) is 18.8 Å². The lowest BCUT2D eigenvalue weighted by molar-refractivity contribution is 0.258. The molecule has 2 rings (SSSR count). The molecule has 1 aromatic carbocycles. The molecule has 0 aliphatic carbocycles. The summed E-state index contributed by atoms with van der Waals surface area (Å²) in [6, 6.07) is 7.03. The monoisotopic (exact) mass is 233 g/mol. The predicted octanol–water partition coefficient (Wildman–Crippen LogP) is 2.11. The van der Waals surface area contributed by atoms with E-state index < -0.39 is 0 Å². The number of hydrogen-bond donors (Lipinski definition) is 1. The maximum absolute atomic E-state index is 5.87. The van der Waals surface area contributed by atoms with Crippen LogP contribution in [-0.4, -0.2) is 38.1 Å². The number of aryl methyl sites for hydroxylation is 1. The average Bonchev–Trinajstić information content (AvgIpc) is 2.33. The molecule has 0 bridgehead atoms. The van der Waals surface area contributed by atoms with E-state index in [1.54, 1.807) is 0 Å². The molecule has 1 atom stereocenters. The third-order valence-electron chi connectivity index (χ3n) is 3.75. The van der Waals surface area contributed by atoms with E-state index in [1.807, 2.05) is 6.07 Å². The molecular weight excluding hydrogens is 210 g/mol. The van der Waals surface area contributed by atoms with Crippen LogP contribution in [0.15, 0.2) is 18.2 Å². The molecule has 0 spiro atoms. The minimum Gasteiger partial charge on any atom is -0.399 e. The summed E-state index contributed by atoms with van der Waals surface area (Å²) in [6.45, 7) is 4.36. The Labute approximate surface area is 104 Å². The van der Waals surface area contributed by atoms with E-state index in [1.165, 1.54) is 24.1 Å². The van der Waals surface area contributed by atoms with Gasteiger partial charge in [-0.3, -0.25) is 0 Å². The largest absolute Gasteiger partial charge is 0.399 e. The highest BCUT2D eigenvalue weighted by Gasteiger charge is 2.21. The highest BCUT2D eigenvalue weighted by atomic mass is 15.2. The topological polar surface area (TPSA) is 32.5 Å². The maximum Gasteiger partial charge on any atom is 0.0370 e. The van der Waals surface area contributed by atoms with Gasteiger partial charge in [0.05, 0.1) is 0 Å². The lowest BCUT2D eigenvalue weighted by Gasteiger charge is -2.37. The number of rotatable bonds is 2. The first-order valence-electron chi connectivity index (χ1n) is 6.35. The maximum atomic E-state index is 5.87. The van der Waals surface area contributed by atoms with E-state index >= 15 is 0 Å². The molecule has 0 saturated carbocycles. The minimum atomic E-state index is 0.668. The molecule has 2 N–H and O–H groups in total. The molecule has 1 heterocycles. The molecular formula is C14H23N3. The smallest absolute Gasteiger partial charge is 0.0370 e. The summed E-state index contributed by atoms with van der Waals surface area (Å²) in [5.74, 6) is 0. The van der Waals surface area contributed by atoms with Gasteiger partial charge >= 0.3 is 0 Å². The van der Waals surface area contributed by atoms with Gasteiger partial charge in [-0.1, -0.05) is 0 Å². The van der Waals surface area contributed by atoms with Crippen LogP contribution in [0.1, 0.15) is 18.4 Å². The van der Waals surface area contributed by atoms with Crippen LogP contribution >= 0.6 is 0 Å². The number of piperidine rings is 1. The quantitative estimate of drug-likeness (QED) is 0.794. The van der Waals surface area contributed by atoms with E-state index in [-0.39, 0.29) is 0 Å². The van der Waals surface area contributed by atoms with Crippen LogP contribution in [0.4, 0.5) is 11.4 Å². The van der Waals surface area contributed by atoms with Gasteiger partial charge in [-0.15, -0.1) is 0 Å². The van der Waals surface area contributed by atoms with Crippen LogP contribution in [-0.2, 0) is 0 Å². The zero-order chi connectivity index (χ0) is 12.4. The second-order valence-electron chi connectivity index (χ2n) is 5.25. The van der Waals surface area contributed by atoms with Gasteiger partial charge in [-0.25, -0.2) is 0 Å². The van der Waals surface area contributed by atoms with Crippen molar-refractivity contribution in [2.24, 2.45) is 0 Å². The van der Waals surface area contributed by atoms with E-state index in [9.17, 15) is 0 Å². The van der Waals surface area contributed by atoms with Crippen molar-refractivity contribution >= 4 is 11.4 Å². The Morgan fingerprint density at radius 3 is 2.76 bits per heavy atom. The molecule has 17 heavy (non-hydrogen) atoms. The molecule has 1 aliphatic heterocycles. The Hall–Kier alpha value is -1.22. The van der Waals surface area contributed by atoms with Crippen molar-refractivity contribution in [3.05, 3.63) is 23.8 Å². The predicted molar refractivity (Wildman–Crippen MR) is 74.5 cm³/mol. The normalized spacial score (nSPS) is 20.9. The van der Waals surface area contributed by atoms with E-state index in [4.69, 9.17) is 5.73 Å². The van der Waals surface area contributed by atoms with Gasteiger partial charge in [0.25, 0.3) is 0 Å². The Kier molecular flexibility index (Phi) is 3.57. The zero-order valence-corrected chi connectivity index (χ0v) is 11.1. The molecule has 1 fully saturated rings. The Morgan fingerprint density at radius 2 is 2.12 bits per heavy atom. The first-order valence-corrected chi connectivity index (χ1v) is 6.35. The molecule has 94 valence electrons. The SMILES string of the molecule is Cc1cc(N2CCCC(N(C)C)C2)ccc1N. The molecule has 0 amide bonds. The van der Waals surface area contributed by atoms with Gasteiger partial charge in [-0.2, -0.15) is 0 Å². The molecule has 3 heteroatoms. The van der Waals surface area contributed by atoms with Gasteiger partial charge in [0.2, 0.25) is 0 Å². The van der Waals surface area contributed by atoms with Gasteiger partial charge in [0, 0.05) is 30.5 Å². The molecule has 0 radical (unpaired) electrons. The Balaban J connectivity index is 2.13. The third kappa shape index (κ3) is 2.72. The second-order valence-corrected chi connectivity index (χ2v) is 5.25. The van der Waals surface area contributed by atoms with Gasteiger partial charge in [-0.05, 0) is 57.6 Å². The first kappa shape index (κ1) is 12.2. The van der Waals surface area contributed by atoms with E-state index in [0.29, 0.717) is 6.04 Å². The van der Waals surface area contributed by atoms with Crippen molar-refractivity contribution in [1.82, 2.24) is 4.90 Å². The average molecular weight is 233 g/mol. The standard InChI is InChI=1S/C14H23N3/c1-11-9-12(6-7-14(11)15)17-8-4-5-13(10-17)16(2)3/h6-7,9,13H,4-5,8,10,15H2,1-3H3. The van der Waals surface area contributed by atoms with Crippen LogP contribution < -0.4 is 10.6 Å². The first-order chi connectivity index (χ1) is 8.08. The zero-order valence-electron chi connectivity index (χ0n) is 11.1. The van der Waals surface area contributed by atoms with Crippen molar-refractivity contribution < 1.29 is 0 Å². The number of hydrogen-bond acceptors (Lipinski definition) is 3. The van der Waals surface area contributed by atoms with Crippen LogP contribution in [0.25, 0.3) is 0 Å². The molecule has 1 aliphatic rings. The molecule has 1 unspecified atom stereocenters. The lowest BCUT2D eigenvalue weighted by Crippen LogP contribution is -2.45. The van der Waals surface area contributed by atoms with Gasteiger partial charge < -0.3 is 15.5 Å². The molecule has 0 aromatic heterocycles. The number of nitrogen functional groups attached to an aromatic ring is 1. The number of anilines is 2. The Bertz CT molecular complexity index is 387. The van der Waals surface area contributed by atoms with Crippen molar-refractivity contribution in [3.63, 3.8) is 0 Å². The fraction of sp³-hybridized carbons (Fsp3) is 0.571. The summed E-state index contributed by atoms with van der Waals surface area (Å²) >= 11 is 0. The van der Waals surface area contributed by atoms with Crippen molar-refractivity contribution in [2.75, 3.05) is 37.8 Å². The number of nitrogens with zero attached hydrogens (tertiary/aromatic N) is 2. The van der Waals surface area contributed by atoms with Gasteiger partial charge in [0.1, 0.15) is 0 Å². The van der Waals surface area contributed by atoms with Crippen LogP contribution in [0.5, 0.6) is 0 Å². The molecule has 1 saturated heterocycles. The molecule has 1 aromatic rings. The number of nitrogens with two attached hydrogens (primary N) is 1. The van der Waals surface area contributed by atoms with Crippen LogP contribution in [0.3, 0.4) is 0 Å². The number of likely N-dealkylation sites (N-methyl/N-ethyl adjacent to an activating group) is 1. The Morgan fingerprint density at radius 1 is 1.35 bits per heavy atom. The minimum absolute atomic E-state index is 0.668.